The lowest BCUT2D eigenvalue weighted by Crippen LogP contribution is -2.16. The molecule has 0 bridgehead atoms. The van der Waals surface area contributed by atoms with Crippen molar-refractivity contribution in [2.45, 2.75) is 36.7 Å². The average Bonchev–Trinajstić information content (AvgIpc) is 2.79. The van der Waals surface area contributed by atoms with Crippen LogP contribution in [0.5, 0.6) is 0 Å². The molecule has 20 heavy (non-hydrogen) atoms. The van der Waals surface area contributed by atoms with Crippen LogP contribution in [0.4, 0.5) is 0 Å². The highest BCUT2D eigenvalue weighted by atomic mass is 35.7. The van der Waals surface area contributed by atoms with Crippen LogP contribution < -0.4 is 0 Å². The summed E-state index contributed by atoms with van der Waals surface area (Å²) in [5, 5.41) is -0.280. The van der Waals surface area contributed by atoms with Crippen LogP contribution in [-0.2, 0) is 13.8 Å². The number of carbonyl (C=O) groups is 1. The molecule has 1 fully saturated rings. The van der Waals surface area contributed by atoms with Crippen LogP contribution in [0.3, 0.4) is 0 Å². The van der Waals surface area contributed by atoms with Gasteiger partial charge in [-0.25, -0.2) is 13.2 Å². The Labute approximate surface area is 131 Å². The topological polar surface area (TPSA) is 60.4 Å². The number of halogens is 3. The highest BCUT2D eigenvalue weighted by Gasteiger charge is 2.27. The summed E-state index contributed by atoms with van der Waals surface area (Å²) in [4.78, 5) is 11.7. The second-order valence-electron chi connectivity index (χ2n) is 4.48. The molecule has 110 valence electrons. The summed E-state index contributed by atoms with van der Waals surface area (Å²) in [6.07, 6.45) is 3.39. The van der Waals surface area contributed by atoms with Crippen molar-refractivity contribution in [3.8, 4) is 0 Å². The third-order valence-corrected chi connectivity index (χ3v) is 5.28. The molecule has 0 N–H and O–H groups in total. The van der Waals surface area contributed by atoms with Crippen LogP contribution in [0.15, 0.2) is 17.0 Å². The molecule has 0 aromatic heterocycles. The molecule has 0 saturated heterocycles. The van der Waals surface area contributed by atoms with Crippen LogP contribution >= 0.6 is 33.9 Å². The van der Waals surface area contributed by atoms with Gasteiger partial charge in [0.1, 0.15) is 11.0 Å². The maximum atomic E-state index is 12.1. The standard InChI is InChI=1S/C12H11Cl3O4S/c13-8-5-6-9(20(15,17)18)11(14)10(8)12(16)19-7-3-1-2-4-7/h5-7H,1-4H2. The third kappa shape index (κ3) is 3.39. The first-order valence-corrected chi connectivity index (χ1v) is 9.01. The molecule has 0 aliphatic heterocycles. The fraction of sp³-hybridized carbons (Fsp3) is 0.417. The van der Waals surface area contributed by atoms with Gasteiger partial charge < -0.3 is 4.74 Å². The summed E-state index contributed by atoms with van der Waals surface area (Å²) < 4.78 is 28.0. The monoisotopic (exact) mass is 356 g/mol. The minimum atomic E-state index is -4.06. The summed E-state index contributed by atoms with van der Waals surface area (Å²) in [7, 11) is 1.20. The van der Waals surface area contributed by atoms with Gasteiger partial charge >= 0.3 is 5.97 Å². The SMILES string of the molecule is O=C(OC1CCCC1)c1c(Cl)ccc(S(=O)(=O)Cl)c1Cl. The predicted molar refractivity (Wildman–Crippen MR) is 77.2 cm³/mol. The summed E-state index contributed by atoms with van der Waals surface area (Å²) in [5.74, 6) is -0.728. The Morgan fingerprint density at radius 2 is 1.80 bits per heavy atom. The molecule has 0 heterocycles. The highest BCUT2D eigenvalue weighted by Crippen LogP contribution is 2.34. The van der Waals surface area contributed by atoms with E-state index >= 15 is 0 Å². The molecule has 0 radical (unpaired) electrons. The van der Waals surface area contributed by atoms with Crippen molar-refractivity contribution in [1.29, 1.82) is 0 Å². The molecular weight excluding hydrogens is 347 g/mol. The molecule has 2 rings (SSSR count). The highest BCUT2D eigenvalue weighted by molar-refractivity contribution is 8.13. The maximum Gasteiger partial charge on any atom is 0.341 e. The van der Waals surface area contributed by atoms with Crippen LogP contribution in [0.2, 0.25) is 10.0 Å². The Bertz CT molecular complexity index is 636. The largest absolute Gasteiger partial charge is 0.459 e. The van der Waals surface area contributed by atoms with Crippen molar-refractivity contribution in [3.05, 3.63) is 27.7 Å². The molecule has 1 aromatic carbocycles. The van der Waals surface area contributed by atoms with E-state index in [0.29, 0.717) is 0 Å². The van der Waals surface area contributed by atoms with Crippen LogP contribution in [-0.4, -0.2) is 20.5 Å². The Balaban J connectivity index is 2.37. The molecule has 0 atom stereocenters. The maximum absolute atomic E-state index is 12.1. The Morgan fingerprint density at radius 3 is 2.35 bits per heavy atom. The van der Waals surface area contributed by atoms with Gasteiger partial charge in [0.15, 0.2) is 0 Å². The van der Waals surface area contributed by atoms with E-state index < -0.39 is 15.0 Å². The van der Waals surface area contributed by atoms with Crippen molar-refractivity contribution >= 4 is 48.9 Å². The molecule has 0 amide bonds. The normalized spacial score (nSPS) is 16.4. The molecule has 1 aliphatic rings. The summed E-state index contributed by atoms with van der Waals surface area (Å²) >= 11 is 11.8. The number of benzene rings is 1. The molecule has 1 saturated carbocycles. The van der Waals surface area contributed by atoms with Gasteiger partial charge in [-0.1, -0.05) is 23.2 Å². The third-order valence-electron chi connectivity index (χ3n) is 3.10. The number of carbonyl (C=O) groups excluding carboxylic acids is 1. The first kappa shape index (κ1) is 15.9. The van der Waals surface area contributed by atoms with Crippen LogP contribution in [0, 0.1) is 0 Å². The Hall–Kier alpha value is -0.490. The Morgan fingerprint density at radius 1 is 1.20 bits per heavy atom. The zero-order valence-corrected chi connectivity index (χ0v) is 13.3. The van der Waals surface area contributed by atoms with Crippen LogP contribution in [0.25, 0.3) is 0 Å². The second-order valence-corrected chi connectivity index (χ2v) is 7.80. The van der Waals surface area contributed by atoms with E-state index in [-0.39, 0.29) is 26.6 Å². The van der Waals surface area contributed by atoms with E-state index in [0.717, 1.165) is 31.7 Å². The van der Waals surface area contributed by atoms with E-state index in [1.54, 1.807) is 0 Å². The van der Waals surface area contributed by atoms with E-state index in [9.17, 15) is 13.2 Å². The number of rotatable bonds is 3. The molecular formula is C12H11Cl3O4S. The minimum absolute atomic E-state index is 0.0297. The summed E-state index contributed by atoms with van der Waals surface area (Å²) in [5.41, 5.74) is -0.165. The number of hydrogen-bond acceptors (Lipinski definition) is 4. The average molecular weight is 358 g/mol. The first-order chi connectivity index (χ1) is 9.30. The van der Waals surface area contributed by atoms with Crippen molar-refractivity contribution in [2.24, 2.45) is 0 Å². The van der Waals surface area contributed by atoms with Crippen molar-refractivity contribution in [1.82, 2.24) is 0 Å². The Kier molecular flexibility index (Phi) is 4.84. The fourth-order valence-corrected chi connectivity index (χ4v) is 4.01. The second kappa shape index (κ2) is 6.10. The molecule has 0 unspecified atom stereocenters. The van der Waals surface area contributed by atoms with E-state index in [4.69, 9.17) is 38.6 Å². The molecule has 1 aliphatic carbocycles. The predicted octanol–water partition coefficient (Wildman–Crippen LogP) is 4.02. The molecule has 8 heteroatoms. The summed E-state index contributed by atoms with van der Waals surface area (Å²) in [6.45, 7) is 0. The van der Waals surface area contributed by atoms with E-state index in [1.165, 1.54) is 6.07 Å². The van der Waals surface area contributed by atoms with Gasteiger partial charge in [0.2, 0.25) is 0 Å². The minimum Gasteiger partial charge on any atom is -0.459 e. The van der Waals surface area contributed by atoms with E-state index in [1.807, 2.05) is 0 Å². The molecule has 4 nitrogen and oxygen atoms in total. The van der Waals surface area contributed by atoms with Crippen molar-refractivity contribution < 1.29 is 17.9 Å². The zero-order valence-electron chi connectivity index (χ0n) is 10.2. The number of ether oxygens (including phenoxy) is 1. The van der Waals surface area contributed by atoms with Gasteiger partial charge in [0.25, 0.3) is 9.05 Å². The van der Waals surface area contributed by atoms with Gasteiger partial charge in [0.05, 0.1) is 15.6 Å². The fourth-order valence-electron chi connectivity index (χ4n) is 2.13. The quantitative estimate of drug-likeness (QED) is 0.605. The summed E-state index contributed by atoms with van der Waals surface area (Å²) in [6, 6.07) is 2.41. The molecule has 1 aromatic rings. The van der Waals surface area contributed by atoms with Crippen molar-refractivity contribution in [3.63, 3.8) is 0 Å². The van der Waals surface area contributed by atoms with Gasteiger partial charge in [-0.2, -0.15) is 0 Å². The van der Waals surface area contributed by atoms with Crippen LogP contribution in [0.1, 0.15) is 36.0 Å². The van der Waals surface area contributed by atoms with E-state index in [2.05, 4.69) is 0 Å². The van der Waals surface area contributed by atoms with Gasteiger partial charge in [-0.3, -0.25) is 0 Å². The number of esters is 1. The van der Waals surface area contributed by atoms with Gasteiger partial charge in [-0.05, 0) is 37.8 Å². The van der Waals surface area contributed by atoms with Crippen molar-refractivity contribution in [2.75, 3.05) is 0 Å². The zero-order chi connectivity index (χ0) is 14.9. The first-order valence-electron chi connectivity index (χ1n) is 5.94. The molecule has 0 spiro atoms. The van der Waals surface area contributed by atoms with Gasteiger partial charge in [0, 0.05) is 10.7 Å². The lowest BCUT2D eigenvalue weighted by molar-refractivity contribution is 0.0318. The lowest BCUT2D eigenvalue weighted by atomic mass is 10.2. The van der Waals surface area contributed by atoms with Gasteiger partial charge in [-0.15, -0.1) is 0 Å². The number of hydrogen-bond donors (Lipinski definition) is 0. The lowest BCUT2D eigenvalue weighted by Gasteiger charge is -2.14. The smallest absolute Gasteiger partial charge is 0.341 e.